The number of benzene rings is 1. The first-order valence-corrected chi connectivity index (χ1v) is 7.16. The first kappa shape index (κ1) is 12.3. The van der Waals surface area contributed by atoms with Gasteiger partial charge in [-0.15, -0.1) is 11.3 Å². The third kappa shape index (κ3) is 2.67. The van der Waals surface area contributed by atoms with Crippen LogP contribution in [0.4, 0.5) is 0 Å². The number of nitrogens with zero attached hydrogens (tertiary/aromatic N) is 1. The van der Waals surface area contributed by atoms with E-state index in [-0.39, 0.29) is 11.9 Å². The lowest BCUT2D eigenvalue weighted by molar-refractivity contribution is 0.0946. The van der Waals surface area contributed by atoms with Gasteiger partial charge in [-0.05, 0) is 12.0 Å². The molecule has 3 N–H and O–H groups in total. The summed E-state index contributed by atoms with van der Waals surface area (Å²) in [6, 6.07) is 10.5. The normalized spacial score (nSPS) is 21.1. The van der Waals surface area contributed by atoms with Crippen LogP contribution in [0.5, 0.6) is 0 Å². The Hall–Kier alpha value is -1.72. The lowest BCUT2D eigenvalue weighted by atomic mass is 10.1. The van der Waals surface area contributed by atoms with Gasteiger partial charge in [0.1, 0.15) is 10.7 Å². The predicted molar refractivity (Wildman–Crippen MR) is 75.1 cm³/mol. The summed E-state index contributed by atoms with van der Waals surface area (Å²) in [5.74, 6) is 0.345. The summed E-state index contributed by atoms with van der Waals surface area (Å²) in [5.41, 5.74) is 7.25. The quantitative estimate of drug-likeness (QED) is 0.894. The van der Waals surface area contributed by atoms with Gasteiger partial charge in [-0.1, -0.05) is 30.3 Å². The van der Waals surface area contributed by atoms with E-state index in [1.165, 1.54) is 16.9 Å². The van der Waals surface area contributed by atoms with Crippen molar-refractivity contribution in [1.29, 1.82) is 0 Å². The van der Waals surface area contributed by atoms with Gasteiger partial charge in [0.15, 0.2) is 0 Å². The second-order valence-electron chi connectivity index (χ2n) is 4.66. The van der Waals surface area contributed by atoms with Crippen LogP contribution in [0.25, 0.3) is 0 Å². The van der Waals surface area contributed by atoms with Crippen LogP contribution in [0.15, 0.2) is 35.7 Å². The minimum Gasteiger partial charge on any atom is -0.347 e. The fraction of sp³-hybridized carbons (Fsp3) is 0.286. The largest absolute Gasteiger partial charge is 0.347 e. The van der Waals surface area contributed by atoms with Crippen molar-refractivity contribution in [3.8, 4) is 0 Å². The Morgan fingerprint density at radius 3 is 2.89 bits per heavy atom. The summed E-state index contributed by atoms with van der Waals surface area (Å²) < 4.78 is 0. The molecule has 1 saturated carbocycles. The minimum atomic E-state index is -0.0978. The summed E-state index contributed by atoms with van der Waals surface area (Å²) in [4.78, 5) is 16.2. The topological polar surface area (TPSA) is 68.0 Å². The van der Waals surface area contributed by atoms with Gasteiger partial charge in [0.05, 0.1) is 0 Å². The van der Waals surface area contributed by atoms with Crippen LogP contribution >= 0.6 is 11.3 Å². The molecule has 2 atom stereocenters. The zero-order valence-corrected chi connectivity index (χ0v) is 11.2. The number of hydrogen-bond acceptors (Lipinski definition) is 4. The van der Waals surface area contributed by atoms with Crippen LogP contribution in [-0.4, -0.2) is 16.9 Å². The highest BCUT2D eigenvalue weighted by Gasteiger charge is 2.39. The summed E-state index contributed by atoms with van der Waals surface area (Å²) in [6.45, 7) is 0.383. The summed E-state index contributed by atoms with van der Waals surface area (Å²) >= 11 is 1.43. The van der Waals surface area contributed by atoms with Gasteiger partial charge >= 0.3 is 0 Å². The maximum absolute atomic E-state index is 12.0. The number of aromatic nitrogens is 1. The van der Waals surface area contributed by atoms with Gasteiger partial charge in [-0.2, -0.15) is 0 Å². The van der Waals surface area contributed by atoms with Gasteiger partial charge in [-0.25, -0.2) is 4.98 Å². The molecule has 0 aliphatic heterocycles. The zero-order chi connectivity index (χ0) is 13.2. The zero-order valence-electron chi connectivity index (χ0n) is 10.4. The molecule has 1 aromatic heterocycles. The third-order valence-corrected chi connectivity index (χ3v) is 4.16. The summed E-state index contributed by atoms with van der Waals surface area (Å²) in [7, 11) is 0. The summed E-state index contributed by atoms with van der Waals surface area (Å²) in [6.07, 6.45) is 1.00. The predicted octanol–water partition coefficient (Wildman–Crippen LogP) is 1.89. The van der Waals surface area contributed by atoms with E-state index in [1.54, 1.807) is 5.38 Å². The first-order valence-electron chi connectivity index (χ1n) is 6.28. The molecule has 1 aliphatic rings. The lowest BCUT2D eigenvalue weighted by Gasteiger charge is -2.02. The molecule has 5 heteroatoms. The molecular formula is C14H15N3OS. The van der Waals surface area contributed by atoms with Crippen molar-refractivity contribution < 1.29 is 4.79 Å². The van der Waals surface area contributed by atoms with E-state index in [2.05, 4.69) is 22.4 Å². The Labute approximate surface area is 115 Å². The second-order valence-corrected chi connectivity index (χ2v) is 5.61. The third-order valence-electron chi connectivity index (χ3n) is 3.29. The van der Waals surface area contributed by atoms with Crippen molar-refractivity contribution in [3.05, 3.63) is 52.0 Å². The van der Waals surface area contributed by atoms with Crippen LogP contribution in [0.1, 0.15) is 33.4 Å². The highest BCUT2D eigenvalue weighted by molar-refractivity contribution is 7.09. The van der Waals surface area contributed by atoms with Crippen LogP contribution in [0, 0.1) is 0 Å². The van der Waals surface area contributed by atoms with Crippen molar-refractivity contribution in [2.75, 3.05) is 0 Å². The number of hydrogen-bond donors (Lipinski definition) is 2. The Morgan fingerprint density at radius 1 is 1.42 bits per heavy atom. The Kier molecular flexibility index (Phi) is 3.31. The maximum Gasteiger partial charge on any atom is 0.270 e. The highest BCUT2D eigenvalue weighted by Crippen LogP contribution is 2.40. The van der Waals surface area contributed by atoms with E-state index < -0.39 is 0 Å². The number of rotatable bonds is 4. The minimum absolute atomic E-state index is 0.0978. The van der Waals surface area contributed by atoms with Crippen molar-refractivity contribution in [1.82, 2.24) is 10.3 Å². The molecule has 2 aromatic rings. The Balaban J connectivity index is 1.60. The molecule has 0 spiro atoms. The molecule has 98 valence electrons. The van der Waals surface area contributed by atoms with E-state index in [0.717, 1.165) is 11.4 Å². The second kappa shape index (κ2) is 5.11. The van der Waals surface area contributed by atoms with Crippen LogP contribution in [-0.2, 0) is 6.54 Å². The molecule has 19 heavy (non-hydrogen) atoms. The monoisotopic (exact) mass is 273 g/mol. The molecule has 0 radical (unpaired) electrons. The number of amides is 1. The molecule has 4 nitrogen and oxygen atoms in total. The number of nitrogens with two attached hydrogens (primary N) is 1. The Bertz CT molecular complexity index is 581. The van der Waals surface area contributed by atoms with Gasteiger partial charge in [0.2, 0.25) is 0 Å². The van der Waals surface area contributed by atoms with Crippen LogP contribution in [0.3, 0.4) is 0 Å². The number of carbonyl (C=O) groups excluding carboxylic acids is 1. The van der Waals surface area contributed by atoms with Crippen LogP contribution in [0.2, 0.25) is 0 Å². The van der Waals surface area contributed by atoms with Crippen molar-refractivity contribution in [3.63, 3.8) is 0 Å². The summed E-state index contributed by atoms with van der Waals surface area (Å²) in [5, 5.41) is 5.57. The molecule has 0 saturated heterocycles. The van der Waals surface area contributed by atoms with Gasteiger partial charge < -0.3 is 11.1 Å². The van der Waals surface area contributed by atoms with E-state index in [4.69, 9.17) is 5.73 Å². The molecule has 1 amide bonds. The Morgan fingerprint density at radius 2 is 2.21 bits per heavy atom. The average molecular weight is 273 g/mol. The number of nitrogens with one attached hydrogen (secondary N) is 1. The highest BCUT2D eigenvalue weighted by atomic mass is 32.1. The number of carbonyl (C=O) groups is 1. The lowest BCUT2D eigenvalue weighted by Crippen LogP contribution is -2.26. The van der Waals surface area contributed by atoms with Gasteiger partial charge in [0.25, 0.3) is 5.91 Å². The van der Waals surface area contributed by atoms with Crippen molar-refractivity contribution >= 4 is 17.2 Å². The average Bonchev–Trinajstić information content (AvgIpc) is 3.04. The smallest absolute Gasteiger partial charge is 0.270 e. The fourth-order valence-corrected chi connectivity index (χ4v) is 2.83. The molecule has 1 aromatic carbocycles. The van der Waals surface area contributed by atoms with E-state index in [1.807, 2.05) is 18.2 Å². The molecule has 0 bridgehead atoms. The SMILES string of the molecule is NCc1nc(C(=O)NC2CC2c2ccccc2)cs1. The maximum atomic E-state index is 12.0. The van der Waals surface area contributed by atoms with Crippen molar-refractivity contribution in [2.24, 2.45) is 5.73 Å². The van der Waals surface area contributed by atoms with Crippen LogP contribution < -0.4 is 11.1 Å². The standard InChI is InChI=1S/C14H15N3OS/c15-7-13-16-12(8-19-13)14(18)17-11-6-10(11)9-4-2-1-3-5-9/h1-5,8,10-11H,6-7,15H2,(H,17,18). The molecule has 1 aliphatic carbocycles. The number of thiazole rings is 1. The molecule has 1 heterocycles. The van der Waals surface area contributed by atoms with Gasteiger partial charge in [0, 0.05) is 23.9 Å². The van der Waals surface area contributed by atoms with Gasteiger partial charge in [-0.3, -0.25) is 4.79 Å². The molecule has 2 unspecified atom stereocenters. The fourth-order valence-electron chi connectivity index (χ4n) is 2.17. The first-order chi connectivity index (χ1) is 9.28. The molecular weight excluding hydrogens is 258 g/mol. The van der Waals surface area contributed by atoms with E-state index in [9.17, 15) is 4.79 Å². The van der Waals surface area contributed by atoms with Crippen molar-refractivity contribution in [2.45, 2.75) is 24.9 Å². The van der Waals surface area contributed by atoms with E-state index >= 15 is 0 Å². The molecule has 3 rings (SSSR count). The molecule has 1 fully saturated rings. The van der Waals surface area contributed by atoms with E-state index in [0.29, 0.717) is 18.2 Å².